The van der Waals surface area contributed by atoms with Crippen molar-refractivity contribution in [2.45, 2.75) is 19.8 Å². The Balaban J connectivity index is 0.000000501. The SMILES string of the molecule is Cc1cc(N2CCCC2)ccc1/C=N/Nc1ccc(Cl)c(C(=O)O)c1.O=C(O)C(=O)O. The van der Waals surface area contributed by atoms with Crippen molar-refractivity contribution in [1.82, 2.24) is 0 Å². The Hall–Kier alpha value is -3.59. The maximum absolute atomic E-state index is 11.1. The largest absolute Gasteiger partial charge is 0.478 e. The number of nitrogens with one attached hydrogen (secondary N) is 1. The Morgan fingerprint density at radius 1 is 1.03 bits per heavy atom. The number of halogens is 1. The van der Waals surface area contributed by atoms with Crippen molar-refractivity contribution < 1.29 is 29.7 Å². The minimum atomic E-state index is -1.82. The third-order valence-electron chi connectivity index (χ3n) is 4.50. The lowest BCUT2D eigenvalue weighted by Gasteiger charge is -2.18. The molecule has 1 fully saturated rings. The number of aliphatic carboxylic acids is 2. The summed E-state index contributed by atoms with van der Waals surface area (Å²) in [4.78, 5) is 31.7. The zero-order chi connectivity index (χ0) is 23.0. The van der Waals surface area contributed by atoms with E-state index >= 15 is 0 Å². The predicted octanol–water partition coefficient (Wildman–Crippen LogP) is 3.55. The molecule has 2 aromatic rings. The van der Waals surface area contributed by atoms with Crippen LogP contribution in [-0.4, -0.2) is 52.5 Å². The first kappa shape index (κ1) is 23.7. The first-order valence-corrected chi connectivity index (χ1v) is 9.70. The molecular formula is C21H22ClN3O6. The second-order valence-electron chi connectivity index (χ2n) is 6.72. The number of nitrogens with zero attached hydrogens (tertiary/aromatic N) is 2. The van der Waals surface area contributed by atoms with Gasteiger partial charge in [0.2, 0.25) is 0 Å². The second kappa shape index (κ2) is 11.0. The summed E-state index contributed by atoms with van der Waals surface area (Å²) in [6.07, 6.45) is 4.25. The molecule has 0 aliphatic carbocycles. The molecule has 31 heavy (non-hydrogen) atoms. The van der Waals surface area contributed by atoms with Gasteiger partial charge in [-0.3, -0.25) is 5.43 Å². The summed E-state index contributed by atoms with van der Waals surface area (Å²) in [7, 11) is 0. The summed E-state index contributed by atoms with van der Waals surface area (Å²) < 4.78 is 0. The van der Waals surface area contributed by atoms with Gasteiger partial charge in [-0.25, -0.2) is 14.4 Å². The fourth-order valence-corrected chi connectivity index (χ4v) is 3.11. The average Bonchev–Trinajstić information content (AvgIpc) is 3.25. The molecule has 3 rings (SSSR count). The number of rotatable bonds is 5. The molecule has 1 saturated heterocycles. The van der Waals surface area contributed by atoms with Crippen LogP contribution in [0.15, 0.2) is 41.5 Å². The van der Waals surface area contributed by atoms with Gasteiger partial charge in [0.25, 0.3) is 0 Å². The van der Waals surface area contributed by atoms with E-state index in [1.54, 1.807) is 18.3 Å². The minimum absolute atomic E-state index is 0.0491. The van der Waals surface area contributed by atoms with E-state index in [-0.39, 0.29) is 10.6 Å². The topological polar surface area (TPSA) is 140 Å². The molecule has 2 aromatic carbocycles. The van der Waals surface area contributed by atoms with Crippen LogP contribution >= 0.6 is 11.6 Å². The summed E-state index contributed by atoms with van der Waals surface area (Å²) >= 11 is 5.86. The molecule has 0 saturated carbocycles. The van der Waals surface area contributed by atoms with Gasteiger partial charge in [-0.15, -0.1) is 0 Å². The number of carboxylic acid groups (broad SMARTS) is 3. The smallest absolute Gasteiger partial charge is 0.414 e. The standard InChI is InChI=1S/C19H20ClN3O2.C2H2O4/c1-13-10-16(23-8-2-3-9-23)6-4-14(13)12-21-22-15-5-7-18(20)17(11-15)19(24)25;3-1(4)2(5)6/h4-7,10-12,22H,2-3,8-9H2,1H3,(H,24,25);(H,3,4)(H,5,6)/b21-12+;. The maximum atomic E-state index is 11.1. The van der Waals surface area contributed by atoms with Crippen LogP contribution in [0.5, 0.6) is 0 Å². The van der Waals surface area contributed by atoms with E-state index in [0.29, 0.717) is 5.69 Å². The Bertz CT molecular complexity index is 991. The van der Waals surface area contributed by atoms with E-state index in [1.165, 1.54) is 24.6 Å². The molecule has 0 bridgehead atoms. The number of hydrogen-bond acceptors (Lipinski definition) is 6. The number of carboxylic acids is 3. The van der Waals surface area contributed by atoms with Crippen LogP contribution in [-0.2, 0) is 9.59 Å². The highest BCUT2D eigenvalue weighted by atomic mass is 35.5. The Morgan fingerprint density at radius 3 is 2.23 bits per heavy atom. The molecule has 1 heterocycles. The average molecular weight is 448 g/mol. The molecular weight excluding hydrogens is 426 g/mol. The van der Waals surface area contributed by atoms with Gasteiger partial charge in [-0.1, -0.05) is 17.7 Å². The summed E-state index contributed by atoms with van der Waals surface area (Å²) in [6, 6.07) is 11.0. The molecule has 0 radical (unpaired) electrons. The lowest BCUT2D eigenvalue weighted by molar-refractivity contribution is -0.159. The highest BCUT2D eigenvalue weighted by molar-refractivity contribution is 6.33. The second-order valence-corrected chi connectivity index (χ2v) is 7.12. The van der Waals surface area contributed by atoms with Gasteiger partial charge in [0.15, 0.2) is 0 Å². The third-order valence-corrected chi connectivity index (χ3v) is 4.83. The number of aromatic carboxylic acids is 1. The van der Waals surface area contributed by atoms with Crippen LogP contribution in [0.3, 0.4) is 0 Å². The molecule has 0 amide bonds. The molecule has 4 N–H and O–H groups in total. The van der Waals surface area contributed by atoms with Gasteiger partial charge in [-0.05, 0) is 61.2 Å². The van der Waals surface area contributed by atoms with E-state index in [1.807, 2.05) is 0 Å². The number of hydrazone groups is 1. The molecule has 0 unspecified atom stereocenters. The van der Waals surface area contributed by atoms with E-state index < -0.39 is 17.9 Å². The van der Waals surface area contributed by atoms with E-state index in [4.69, 9.17) is 36.5 Å². The summed E-state index contributed by atoms with van der Waals surface area (Å²) in [5.41, 5.74) is 6.89. The van der Waals surface area contributed by atoms with Crippen molar-refractivity contribution in [3.05, 3.63) is 58.1 Å². The molecule has 9 nitrogen and oxygen atoms in total. The zero-order valence-electron chi connectivity index (χ0n) is 16.7. The van der Waals surface area contributed by atoms with Crippen molar-refractivity contribution in [1.29, 1.82) is 0 Å². The molecule has 164 valence electrons. The van der Waals surface area contributed by atoms with E-state index in [0.717, 1.165) is 24.2 Å². The zero-order valence-corrected chi connectivity index (χ0v) is 17.5. The predicted molar refractivity (Wildman–Crippen MR) is 118 cm³/mol. The van der Waals surface area contributed by atoms with Gasteiger partial charge in [0.05, 0.1) is 22.5 Å². The van der Waals surface area contributed by atoms with Gasteiger partial charge >= 0.3 is 17.9 Å². The fourth-order valence-electron chi connectivity index (χ4n) is 2.91. The number of anilines is 2. The van der Waals surface area contributed by atoms with Gasteiger partial charge in [-0.2, -0.15) is 5.10 Å². The van der Waals surface area contributed by atoms with Gasteiger partial charge in [0.1, 0.15) is 0 Å². The highest BCUT2D eigenvalue weighted by Gasteiger charge is 2.13. The highest BCUT2D eigenvalue weighted by Crippen LogP contribution is 2.23. The minimum Gasteiger partial charge on any atom is -0.478 e. The fraction of sp³-hybridized carbons (Fsp3) is 0.238. The Kier molecular flexibility index (Phi) is 8.39. The number of carbonyl (C=O) groups is 3. The molecule has 10 heteroatoms. The van der Waals surface area contributed by atoms with Crippen LogP contribution in [0.25, 0.3) is 0 Å². The van der Waals surface area contributed by atoms with Crippen LogP contribution in [0.4, 0.5) is 11.4 Å². The number of hydrogen-bond donors (Lipinski definition) is 4. The van der Waals surface area contributed by atoms with Crippen molar-refractivity contribution in [3.8, 4) is 0 Å². The van der Waals surface area contributed by atoms with E-state index in [9.17, 15) is 4.79 Å². The van der Waals surface area contributed by atoms with Gasteiger partial charge in [0, 0.05) is 18.8 Å². The van der Waals surface area contributed by atoms with Crippen molar-refractivity contribution in [2.75, 3.05) is 23.4 Å². The Labute approximate surface area is 183 Å². The first-order chi connectivity index (χ1) is 14.7. The quantitative estimate of drug-likeness (QED) is 0.310. The first-order valence-electron chi connectivity index (χ1n) is 9.32. The Morgan fingerprint density at radius 2 is 1.68 bits per heavy atom. The number of benzene rings is 2. The monoisotopic (exact) mass is 447 g/mol. The number of aryl methyl sites for hydroxylation is 1. The van der Waals surface area contributed by atoms with Gasteiger partial charge < -0.3 is 20.2 Å². The third kappa shape index (κ3) is 7.00. The molecule has 0 aromatic heterocycles. The lowest BCUT2D eigenvalue weighted by Crippen LogP contribution is -2.17. The van der Waals surface area contributed by atoms with Crippen molar-refractivity contribution in [3.63, 3.8) is 0 Å². The van der Waals surface area contributed by atoms with Crippen molar-refractivity contribution in [2.24, 2.45) is 5.10 Å². The van der Waals surface area contributed by atoms with Crippen LogP contribution in [0.1, 0.15) is 34.3 Å². The van der Waals surface area contributed by atoms with E-state index in [2.05, 4.69) is 40.5 Å². The van der Waals surface area contributed by atoms with Crippen molar-refractivity contribution >= 4 is 47.1 Å². The summed E-state index contributed by atoms with van der Waals surface area (Å²) in [6.45, 7) is 4.31. The summed E-state index contributed by atoms with van der Waals surface area (Å²) in [5.74, 6) is -4.71. The molecule has 0 atom stereocenters. The van der Waals surface area contributed by atoms with Crippen LogP contribution in [0.2, 0.25) is 5.02 Å². The molecule has 0 spiro atoms. The molecule has 1 aliphatic heterocycles. The van der Waals surface area contributed by atoms with Crippen LogP contribution < -0.4 is 10.3 Å². The molecule has 1 aliphatic rings. The maximum Gasteiger partial charge on any atom is 0.414 e. The lowest BCUT2D eigenvalue weighted by atomic mass is 10.1. The van der Waals surface area contributed by atoms with Crippen LogP contribution in [0, 0.1) is 6.92 Å². The normalized spacial score (nSPS) is 12.9. The summed E-state index contributed by atoms with van der Waals surface area (Å²) in [5, 5.41) is 28.3.